The number of methoxy groups -OCH3 is 1. The number of benzene rings is 4. The smallest absolute Gasteiger partial charge is 0.329 e. The summed E-state index contributed by atoms with van der Waals surface area (Å²) in [5.74, 6) is 0.539. The number of urea groups is 1. The van der Waals surface area contributed by atoms with Crippen molar-refractivity contribution in [3.8, 4) is 17.6 Å². The number of carbonyl (C=O) groups is 5. The van der Waals surface area contributed by atoms with Crippen molar-refractivity contribution >= 4 is 35.5 Å². The van der Waals surface area contributed by atoms with Crippen LogP contribution in [0, 0.1) is 23.7 Å². The number of cyclic esters (lactones) is 1. The van der Waals surface area contributed by atoms with E-state index in [0.717, 1.165) is 36.2 Å². The van der Waals surface area contributed by atoms with Gasteiger partial charge in [-0.15, -0.1) is 0 Å². The fourth-order valence-electron chi connectivity index (χ4n) is 9.83. The highest BCUT2D eigenvalue weighted by molar-refractivity contribution is 6.24. The molecule has 1 spiro atoms. The molecule has 3 heterocycles. The zero-order chi connectivity index (χ0) is 44.4. The van der Waals surface area contributed by atoms with Gasteiger partial charge in [-0.1, -0.05) is 105 Å². The van der Waals surface area contributed by atoms with Gasteiger partial charge >= 0.3 is 23.9 Å². The number of carbonyl (C=O) groups excluding carboxylic acids is 4. The van der Waals surface area contributed by atoms with Gasteiger partial charge in [-0.05, 0) is 89.8 Å². The summed E-state index contributed by atoms with van der Waals surface area (Å²) in [5.41, 5.74) is 1.17. The van der Waals surface area contributed by atoms with Crippen molar-refractivity contribution in [2.45, 2.75) is 75.2 Å². The Morgan fingerprint density at radius 3 is 2.25 bits per heavy atom. The van der Waals surface area contributed by atoms with Crippen molar-refractivity contribution < 1.29 is 48.4 Å². The number of aliphatic carboxylic acids is 1. The van der Waals surface area contributed by atoms with Crippen LogP contribution in [0.3, 0.4) is 0 Å². The van der Waals surface area contributed by atoms with Crippen LogP contribution in [0.2, 0.25) is 0 Å². The predicted molar refractivity (Wildman–Crippen MR) is 231 cm³/mol. The van der Waals surface area contributed by atoms with Crippen LogP contribution in [-0.4, -0.2) is 77.4 Å². The fourth-order valence-corrected chi connectivity index (χ4v) is 9.83. The van der Waals surface area contributed by atoms with E-state index in [1.165, 1.54) is 7.11 Å². The number of aliphatic hydroxyl groups excluding tert-OH is 1. The summed E-state index contributed by atoms with van der Waals surface area (Å²) in [5, 5.41) is 24.0. The van der Waals surface area contributed by atoms with Crippen LogP contribution in [0.5, 0.6) is 5.75 Å². The maximum absolute atomic E-state index is 16.1. The third-order valence-corrected chi connectivity index (χ3v) is 12.5. The molecule has 3 amide bonds. The topological polar surface area (TPSA) is 172 Å². The number of carboxylic acids is 1. The first-order valence-electron chi connectivity index (χ1n) is 21.2. The molecule has 2 saturated heterocycles. The number of nitrogens with one attached hydrogen (secondary N) is 1. The Bertz CT molecular complexity index is 2510. The van der Waals surface area contributed by atoms with E-state index < -0.39 is 77.4 Å². The maximum Gasteiger partial charge on any atom is 0.329 e. The largest absolute Gasteiger partial charge is 0.491 e. The Kier molecular flexibility index (Phi) is 12.2. The second kappa shape index (κ2) is 17.9. The normalized spacial score (nSPS) is 24.4. The number of morpholine rings is 1. The monoisotopic (exact) mass is 851 g/mol. The lowest BCUT2D eigenvalue weighted by atomic mass is 9.65. The van der Waals surface area contributed by atoms with Crippen LogP contribution in [0.25, 0.3) is 0 Å². The summed E-state index contributed by atoms with van der Waals surface area (Å²) in [6.07, 6.45) is 4.91. The van der Waals surface area contributed by atoms with Gasteiger partial charge in [0.05, 0.1) is 31.5 Å². The van der Waals surface area contributed by atoms with Gasteiger partial charge in [-0.25, -0.2) is 14.5 Å². The predicted octanol–water partition coefficient (Wildman–Crippen LogP) is 6.57. The van der Waals surface area contributed by atoms with Crippen molar-refractivity contribution in [1.29, 1.82) is 0 Å². The molecular formula is C50H49N3O10. The molecular weight excluding hydrogens is 803 g/mol. The minimum absolute atomic E-state index is 0.0518. The average Bonchev–Trinajstić information content (AvgIpc) is 3.76. The number of esters is 2. The first-order chi connectivity index (χ1) is 30.5. The van der Waals surface area contributed by atoms with E-state index in [9.17, 15) is 29.4 Å². The van der Waals surface area contributed by atoms with E-state index in [1.807, 2.05) is 60.7 Å². The Balaban J connectivity index is 1.43. The van der Waals surface area contributed by atoms with Crippen LogP contribution in [-0.2, 0) is 34.1 Å². The number of ether oxygens (including phenoxy) is 3. The van der Waals surface area contributed by atoms with E-state index in [0.29, 0.717) is 28.0 Å². The molecule has 3 aliphatic heterocycles. The van der Waals surface area contributed by atoms with E-state index in [1.54, 1.807) is 61.2 Å². The molecule has 0 bridgehead atoms. The fraction of sp³-hybridized carbons (Fsp3) is 0.340. The van der Waals surface area contributed by atoms with Crippen LogP contribution < -0.4 is 15.0 Å². The second-order valence-corrected chi connectivity index (χ2v) is 16.5. The second-order valence-electron chi connectivity index (χ2n) is 16.5. The van der Waals surface area contributed by atoms with E-state index in [4.69, 9.17) is 14.2 Å². The lowest BCUT2D eigenvalue weighted by Crippen LogP contribution is -2.56. The van der Waals surface area contributed by atoms with E-state index in [2.05, 4.69) is 23.2 Å². The number of nitrogens with zero attached hydrogens (tertiary/aromatic N) is 2. The minimum Gasteiger partial charge on any atom is -0.491 e. The molecule has 7 atom stereocenters. The van der Waals surface area contributed by atoms with Crippen LogP contribution in [0.15, 0.2) is 115 Å². The third-order valence-electron chi connectivity index (χ3n) is 12.5. The number of hydrogen-bond acceptors (Lipinski definition) is 10. The maximum atomic E-state index is 16.1. The molecule has 13 nitrogen and oxygen atoms in total. The SMILES string of the molecule is COC(=O)[C@@H](NC(=O)N1C(=O)[C@@]2(c3cc(C#CC4=CCCCC4)ccc31)[C@H](c1cccc(OCCO)c1)N1[C@H](c3ccccc3)[C@H](c3ccccc3)OC(=O)[C@H]1[C@@H]2C(=O)O)C(C)C. The van der Waals surface area contributed by atoms with Crippen molar-refractivity contribution in [2.24, 2.45) is 11.8 Å². The molecule has 2 fully saturated rings. The Morgan fingerprint density at radius 1 is 0.889 bits per heavy atom. The van der Waals surface area contributed by atoms with Crippen LogP contribution >= 0.6 is 0 Å². The number of rotatable bonds is 10. The summed E-state index contributed by atoms with van der Waals surface area (Å²) < 4.78 is 17.3. The third kappa shape index (κ3) is 7.63. The molecule has 324 valence electrons. The zero-order valence-electron chi connectivity index (χ0n) is 35.2. The Labute approximate surface area is 365 Å². The summed E-state index contributed by atoms with van der Waals surface area (Å²) in [6, 6.07) is 24.2. The van der Waals surface area contributed by atoms with Gasteiger partial charge in [0.15, 0.2) is 0 Å². The molecule has 0 unspecified atom stereocenters. The van der Waals surface area contributed by atoms with Crippen molar-refractivity contribution in [3.63, 3.8) is 0 Å². The van der Waals surface area contributed by atoms with Gasteiger partial charge in [0.1, 0.15) is 41.9 Å². The standard InChI is InChI=1S/C50H49N3O10/c1-30(2)40(46(57)61-3)51-49(60)52-38-25-24-32(23-22-31-14-7-4-8-15-31)28-37(38)50(48(52)59)39(45(55)56)42-47(58)63-43(34-18-11-6-12-19-34)41(33-16-9-5-10-17-33)53(42)44(50)35-20-13-21-36(29-35)62-27-26-54/h5-6,9-14,16-21,24-25,28-30,39-44,54H,4,7-8,15,26-27H2,1-3H3,(H,51,60)(H,55,56)/t39-,40+,41-,42-,43+,44+,50-/m1/s1. The van der Waals surface area contributed by atoms with Crippen LogP contribution in [0.4, 0.5) is 10.5 Å². The zero-order valence-corrected chi connectivity index (χ0v) is 35.2. The minimum atomic E-state index is -2.21. The highest BCUT2D eigenvalue weighted by atomic mass is 16.6. The lowest BCUT2D eigenvalue weighted by molar-refractivity contribution is -0.179. The molecule has 63 heavy (non-hydrogen) atoms. The van der Waals surface area contributed by atoms with Crippen molar-refractivity contribution in [3.05, 3.63) is 143 Å². The molecule has 3 N–H and O–H groups in total. The molecule has 8 rings (SSSR count). The molecule has 13 heteroatoms. The molecule has 4 aromatic rings. The van der Waals surface area contributed by atoms with Crippen molar-refractivity contribution in [1.82, 2.24) is 10.2 Å². The number of imide groups is 1. The summed E-state index contributed by atoms with van der Waals surface area (Å²) in [6.45, 7) is 3.09. The molecule has 0 aromatic heterocycles. The van der Waals surface area contributed by atoms with Crippen molar-refractivity contribution in [2.75, 3.05) is 25.2 Å². The summed E-state index contributed by atoms with van der Waals surface area (Å²) in [4.78, 5) is 75.8. The molecule has 0 radical (unpaired) electrons. The summed E-state index contributed by atoms with van der Waals surface area (Å²) >= 11 is 0. The molecule has 4 aliphatic rings. The quantitative estimate of drug-likeness (QED) is 0.117. The average molecular weight is 852 g/mol. The van der Waals surface area contributed by atoms with E-state index in [-0.39, 0.29) is 24.5 Å². The number of carboxylic acid groups (broad SMARTS) is 1. The van der Waals surface area contributed by atoms with E-state index >= 15 is 4.79 Å². The van der Waals surface area contributed by atoms with Gasteiger partial charge in [0.25, 0.3) is 0 Å². The molecule has 4 aromatic carbocycles. The Morgan fingerprint density at radius 2 is 1.60 bits per heavy atom. The highest BCUT2D eigenvalue weighted by Crippen LogP contribution is 2.66. The van der Waals surface area contributed by atoms with Gasteiger partial charge < -0.3 is 29.7 Å². The van der Waals surface area contributed by atoms with Gasteiger partial charge in [-0.3, -0.25) is 19.3 Å². The van der Waals surface area contributed by atoms with Gasteiger partial charge in [0, 0.05) is 5.56 Å². The number of amides is 3. The molecule has 1 aliphatic carbocycles. The number of anilines is 1. The number of fused-ring (bicyclic) bond motifs is 3. The Hall–Kier alpha value is -6.75. The first kappa shape index (κ1) is 42.9. The lowest BCUT2D eigenvalue weighted by Gasteiger charge is -2.46. The summed E-state index contributed by atoms with van der Waals surface area (Å²) in [7, 11) is 1.20. The number of aliphatic hydroxyl groups is 1. The number of allylic oxidation sites excluding steroid dienone is 2. The molecule has 0 saturated carbocycles. The number of hydrogen-bond donors (Lipinski definition) is 3. The van der Waals surface area contributed by atoms with Crippen LogP contribution in [0.1, 0.15) is 85.5 Å². The first-order valence-corrected chi connectivity index (χ1v) is 21.2. The van der Waals surface area contributed by atoms with Gasteiger partial charge in [-0.2, -0.15) is 0 Å². The van der Waals surface area contributed by atoms with Gasteiger partial charge in [0.2, 0.25) is 5.91 Å². The highest BCUT2D eigenvalue weighted by Gasteiger charge is 2.76.